The zero-order valence-electron chi connectivity index (χ0n) is 16.6. The second-order valence-electron chi connectivity index (χ2n) is 6.36. The first-order chi connectivity index (χ1) is 14.4. The third-order valence-corrected chi connectivity index (χ3v) is 4.25. The second kappa shape index (κ2) is 9.80. The summed E-state index contributed by atoms with van der Waals surface area (Å²) in [6, 6.07) is 18.7. The molecule has 2 amide bonds. The van der Waals surface area contributed by atoms with Gasteiger partial charge in [0.1, 0.15) is 11.5 Å². The molecule has 0 aliphatic carbocycles. The maximum absolute atomic E-state index is 12.7. The van der Waals surface area contributed by atoms with Gasteiger partial charge in [0.25, 0.3) is 5.91 Å². The number of benzene rings is 3. The first-order valence-corrected chi connectivity index (χ1v) is 9.71. The van der Waals surface area contributed by atoms with Gasteiger partial charge in [-0.25, -0.2) is 0 Å². The van der Waals surface area contributed by atoms with Crippen molar-refractivity contribution in [2.24, 2.45) is 0 Å². The Hall–Kier alpha value is -3.51. The Bertz CT molecular complexity index is 1030. The summed E-state index contributed by atoms with van der Waals surface area (Å²) in [7, 11) is 0. The molecule has 0 saturated heterocycles. The van der Waals surface area contributed by atoms with Gasteiger partial charge in [0.15, 0.2) is 5.75 Å². The van der Waals surface area contributed by atoms with Crippen molar-refractivity contribution in [3.05, 3.63) is 77.3 Å². The van der Waals surface area contributed by atoms with Crippen molar-refractivity contribution in [2.75, 3.05) is 17.2 Å². The lowest BCUT2D eigenvalue weighted by Crippen LogP contribution is -2.13. The standard InChI is InChI=1S/C23H21ClN2O4/c1-3-29-19-9-11-20(12-10-19)30-22-13-6-17(24)14-21(22)26-23(28)16-4-7-18(8-5-16)25-15(2)27/h4-14H,3H2,1-2H3,(H,25,27)(H,26,28). The SMILES string of the molecule is CCOc1ccc(Oc2ccc(Cl)cc2NC(=O)c2ccc(NC(C)=O)cc2)cc1. The van der Waals surface area contributed by atoms with Crippen LogP contribution in [-0.4, -0.2) is 18.4 Å². The molecule has 0 bridgehead atoms. The summed E-state index contributed by atoms with van der Waals surface area (Å²) in [6.07, 6.45) is 0. The molecule has 0 fully saturated rings. The Morgan fingerprint density at radius 1 is 0.900 bits per heavy atom. The van der Waals surface area contributed by atoms with Crippen LogP contribution in [0.3, 0.4) is 0 Å². The number of anilines is 2. The normalized spacial score (nSPS) is 10.2. The van der Waals surface area contributed by atoms with Crippen LogP contribution in [0.1, 0.15) is 24.2 Å². The molecule has 0 aliphatic heterocycles. The Labute approximate surface area is 179 Å². The topological polar surface area (TPSA) is 76.7 Å². The number of amides is 2. The van der Waals surface area contributed by atoms with E-state index in [-0.39, 0.29) is 11.8 Å². The van der Waals surface area contributed by atoms with Crippen molar-refractivity contribution in [3.63, 3.8) is 0 Å². The van der Waals surface area contributed by atoms with Gasteiger partial charge in [0, 0.05) is 23.2 Å². The quantitative estimate of drug-likeness (QED) is 0.507. The van der Waals surface area contributed by atoms with Crippen molar-refractivity contribution in [3.8, 4) is 17.2 Å². The van der Waals surface area contributed by atoms with Gasteiger partial charge in [-0.05, 0) is 73.7 Å². The number of ether oxygens (including phenoxy) is 2. The summed E-state index contributed by atoms with van der Waals surface area (Å²) >= 11 is 6.11. The number of hydrogen-bond acceptors (Lipinski definition) is 4. The van der Waals surface area contributed by atoms with Gasteiger partial charge in [-0.15, -0.1) is 0 Å². The van der Waals surface area contributed by atoms with Crippen LogP contribution in [0.4, 0.5) is 11.4 Å². The first kappa shape index (κ1) is 21.2. The number of hydrogen-bond donors (Lipinski definition) is 2. The van der Waals surface area contributed by atoms with Gasteiger partial charge >= 0.3 is 0 Å². The van der Waals surface area contributed by atoms with Gasteiger partial charge < -0.3 is 20.1 Å². The highest BCUT2D eigenvalue weighted by Gasteiger charge is 2.12. The van der Waals surface area contributed by atoms with Crippen LogP contribution in [0.25, 0.3) is 0 Å². The van der Waals surface area contributed by atoms with E-state index in [2.05, 4.69) is 10.6 Å². The van der Waals surface area contributed by atoms with Crippen LogP contribution < -0.4 is 20.1 Å². The smallest absolute Gasteiger partial charge is 0.255 e. The Morgan fingerprint density at radius 2 is 1.57 bits per heavy atom. The highest BCUT2D eigenvalue weighted by Crippen LogP contribution is 2.33. The molecule has 7 heteroatoms. The maximum atomic E-state index is 12.7. The van der Waals surface area contributed by atoms with Crippen LogP contribution in [0.15, 0.2) is 66.7 Å². The van der Waals surface area contributed by atoms with Gasteiger partial charge in [-0.1, -0.05) is 11.6 Å². The summed E-state index contributed by atoms with van der Waals surface area (Å²) < 4.78 is 11.3. The molecular weight excluding hydrogens is 404 g/mol. The van der Waals surface area contributed by atoms with Crippen LogP contribution >= 0.6 is 11.6 Å². The molecule has 0 spiro atoms. The molecular formula is C23H21ClN2O4. The molecule has 0 aromatic heterocycles. The fourth-order valence-electron chi connectivity index (χ4n) is 2.69. The lowest BCUT2D eigenvalue weighted by Gasteiger charge is -2.13. The summed E-state index contributed by atoms with van der Waals surface area (Å²) in [5.74, 6) is 1.28. The van der Waals surface area contributed by atoms with E-state index < -0.39 is 0 Å². The zero-order chi connectivity index (χ0) is 21.5. The Morgan fingerprint density at radius 3 is 2.20 bits per heavy atom. The summed E-state index contributed by atoms with van der Waals surface area (Å²) in [6.45, 7) is 3.92. The van der Waals surface area contributed by atoms with E-state index in [0.29, 0.717) is 40.1 Å². The first-order valence-electron chi connectivity index (χ1n) is 9.34. The van der Waals surface area contributed by atoms with E-state index in [1.165, 1.54) is 6.92 Å². The summed E-state index contributed by atoms with van der Waals surface area (Å²) in [5.41, 5.74) is 1.48. The van der Waals surface area contributed by atoms with Gasteiger partial charge in [-0.3, -0.25) is 9.59 Å². The van der Waals surface area contributed by atoms with E-state index in [9.17, 15) is 9.59 Å². The minimum atomic E-state index is -0.330. The van der Waals surface area contributed by atoms with Gasteiger partial charge in [0.05, 0.1) is 12.3 Å². The minimum absolute atomic E-state index is 0.179. The minimum Gasteiger partial charge on any atom is -0.494 e. The highest BCUT2D eigenvalue weighted by atomic mass is 35.5. The highest BCUT2D eigenvalue weighted by molar-refractivity contribution is 6.31. The average Bonchev–Trinajstić information content (AvgIpc) is 2.71. The number of nitrogens with one attached hydrogen (secondary N) is 2. The van der Waals surface area contributed by atoms with Gasteiger partial charge in [-0.2, -0.15) is 0 Å². The number of rotatable bonds is 7. The lowest BCUT2D eigenvalue weighted by atomic mass is 10.2. The van der Waals surface area contributed by atoms with Crippen LogP contribution in [0.2, 0.25) is 5.02 Å². The van der Waals surface area contributed by atoms with E-state index in [0.717, 1.165) is 5.75 Å². The average molecular weight is 425 g/mol. The zero-order valence-corrected chi connectivity index (χ0v) is 17.3. The predicted octanol–water partition coefficient (Wildman–Crippen LogP) is 5.74. The number of halogens is 1. The fraction of sp³-hybridized carbons (Fsp3) is 0.130. The van der Waals surface area contributed by atoms with Crippen LogP contribution in [0.5, 0.6) is 17.2 Å². The number of carbonyl (C=O) groups is 2. The Kier molecular flexibility index (Phi) is 6.93. The largest absolute Gasteiger partial charge is 0.494 e. The molecule has 3 aromatic rings. The van der Waals surface area contributed by atoms with Crippen molar-refractivity contribution >= 4 is 34.8 Å². The lowest BCUT2D eigenvalue weighted by molar-refractivity contribution is -0.114. The molecule has 0 atom stereocenters. The molecule has 0 saturated carbocycles. The molecule has 0 radical (unpaired) electrons. The van der Waals surface area contributed by atoms with E-state index in [4.69, 9.17) is 21.1 Å². The molecule has 0 heterocycles. The fourth-order valence-corrected chi connectivity index (χ4v) is 2.86. The Balaban J connectivity index is 1.76. The van der Waals surface area contributed by atoms with E-state index >= 15 is 0 Å². The maximum Gasteiger partial charge on any atom is 0.255 e. The molecule has 154 valence electrons. The third kappa shape index (κ3) is 5.75. The van der Waals surface area contributed by atoms with Crippen LogP contribution in [0, 0.1) is 0 Å². The molecule has 0 aliphatic rings. The monoisotopic (exact) mass is 424 g/mol. The molecule has 6 nitrogen and oxygen atoms in total. The second-order valence-corrected chi connectivity index (χ2v) is 6.80. The van der Waals surface area contributed by atoms with Crippen molar-refractivity contribution < 1.29 is 19.1 Å². The third-order valence-electron chi connectivity index (χ3n) is 4.02. The van der Waals surface area contributed by atoms with Crippen molar-refractivity contribution in [2.45, 2.75) is 13.8 Å². The molecule has 3 rings (SSSR count). The molecule has 2 N–H and O–H groups in total. The molecule has 3 aromatic carbocycles. The molecule has 0 unspecified atom stereocenters. The summed E-state index contributed by atoms with van der Waals surface area (Å²) in [5, 5.41) is 5.94. The van der Waals surface area contributed by atoms with Crippen LogP contribution in [-0.2, 0) is 4.79 Å². The summed E-state index contributed by atoms with van der Waals surface area (Å²) in [4.78, 5) is 23.8. The number of carbonyl (C=O) groups excluding carboxylic acids is 2. The van der Waals surface area contributed by atoms with Crippen molar-refractivity contribution in [1.82, 2.24) is 0 Å². The van der Waals surface area contributed by atoms with Crippen molar-refractivity contribution in [1.29, 1.82) is 0 Å². The molecule has 30 heavy (non-hydrogen) atoms. The van der Waals surface area contributed by atoms with E-state index in [1.54, 1.807) is 54.6 Å². The predicted molar refractivity (Wildman–Crippen MR) is 118 cm³/mol. The van der Waals surface area contributed by atoms with Gasteiger partial charge in [0.2, 0.25) is 5.91 Å². The van der Waals surface area contributed by atoms with E-state index in [1.807, 2.05) is 19.1 Å².